The van der Waals surface area contributed by atoms with E-state index in [-0.39, 0.29) is 0 Å². The molecule has 3 rings (SSSR count). The van der Waals surface area contributed by atoms with Crippen LogP contribution >= 0.6 is 0 Å². The van der Waals surface area contributed by atoms with Crippen molar-refractivity contribution in [2.45, 2.75) is 0 Å². The van der Waals surface area contributed by atoms with Crippen LogP contribution in [0, 0.1) is 0 Å². The van der Waals surface area contributed by atoms with Crippen molar-refractivity contribution in [3.63, 3.8) is 0 Å². The van der Waals surface area contributed by atoms with E-state index in [4.69, 9.17) is 4.74 Å². The van der Waals surface area contributed by atoms with E-state index >= 15 is 0 Å². The molecule has 0 radical (unpaired) electrons. The summed E-state index contributed by atoms with van der Waals surface area (Å²) >= 11 is 0. The number of para-hydroxylation sites is 1. The van der Waals surface area contributed by atoms with Crippen molar-refractivity contribution in [2.24, 2.45) is 0 Å². The molecule has 0 bridgehead atoms. The molecule has 0 atom stereocenters. The molecule has 0 unspecified atom stereocenters. The number of hydrogen-bond acceptors (Lipinski definition) is 3. The molecular weight excluding hydrogens is 214 g/mol. The Kier molecular flexibility index (Phi) is 2.26. The molecule has 0 saturated carbocycles. The van der Waals surface area contributed by atoms with Crippen LogP contribution in [0.4, 0.5) is 0 Å². The number of nitrogens with zero attached hydrogens (tertiary/aromatic N) is 2. The first-order valence-electron chi connectivity index (χ1n) is 5.32. The minimum absolute atomic E-state index is 0.716. The Morgan fingerprint density at radius 2 is 2.00 bits per heavy atom. The van der Waals surface area contributed by atoms with Crippen molar-refractivity contribution in [1.29, 1.82) is 0 Å². The van der Waals surface area contributed by atoms with Crippen molar-refractivity contribution < 1.29 is 4.74 Å². The molecule has 4 heteroatoms. The highest BCUT2D eigenvalue weighted by Crippen LogP contribution is 2.28. The van der Waals surface area contributed by atoms with E-state index in [1.165, 1.54) is 0 Å². The monoisotopic (exact) mass is 225 g/mol. The fourth-order valence-electron chi connectivity index (χ4n) is 1.81. The third-order valence-electron chi connectivity index (χ3n) is 2.62. The zero-order valence-corrected chi connectivity index (χ0v) is 9.34. The first kappa shape index (κ1) is 9.84. The first-order valence-corrected chi connectivity index (χ1v) is 5.32. The summed E-state index contributed by atoms with van der Waals surface area (Å²) in [5.41, 5.74) is 2.58. The van der Waals surface area contributed by atoms with Gasteiger partial charge in [-0.15, -0.1) is 0 Å². The Balaban J connectivity index is 2.20. The van der Waals surface area contributed by atoms with Gasteiger partial charge in [-0.3, -0.25) is 0 Å². The van der Waals surface area contributed by atoms with Crippen molar-refractivity contribution in [1.82, 2.24) is 15.0 Å². The molecule has 0 fully saturated rings. The maximum atomic E-state index is 5.32. The van der Waals surface area contributed by atoms with Crippen molar-refractivity contribution in [3.8, 4) is 17.1 Å². The summed E-state index contributed by atoms with van der Waals surface area (Å²) in [6.07, 6.45) is 1.73. The summed E-state index contributed by atoms with van der Waals surface area (Å²) in [7, 11) is 1.65. The van der Waals surface area contributed by atoms with Crippen LogP contribution in [0.2, 0.25) is 0 Å². The SMILES string of the molecule is COc1ccccc1-c1nc2ncccc2[nH]1. The fraction of sp³-hybridized carbons (Fsp3) is 0.0769. The number of aromatic nitrogens is 3. The Hall–Kier alpha value is -2.36. The van der Waals surface area contributed by atoms with Crippen LogP contribution in [-0.4, -0.2) is 22.1 Å². The van der Waals surface area contributed by atoms with Gasteiger partial charge in [0.2, 0.25) is 0 Å². The zero-order chi connectivity index (χ0) is 11.7. The standard InChI is InChI=1S/C13H11N3O/c1-17-11-7-3-2-5-9(11)12-15-10-6-4-8-14-13(10)16-12/h2-8H,1H3,(H,14,15,16). The molecule has 84 valence electrons. The van der Waals surface area contributed by atoms with E-state index in [0.717, 1.165) is 22.7 Å². The van der Waals surface area contributed by atoms with E-state index in [1.807, 2.05) is 36.4 Å². The highest BCUT2D eigenvalue weighted by Gasteiger charge is 2.09. The number of imidazole rings is 1. The van der Waals surface area contributed by atoms with Gasteiger partial charge in [-0.05, 0) is 24.3 Å². The van der Waals surface area contributed by atoms with Gasteiger partial charge in [0.05, 0.1) is 18.2 Å². The number of ether oxygens (including phenoxy) is 1. The number of nitrogens with one attached hydrogen (secondary N) is 1. The molecule has 17 heavy (non-hydrogen) atoms. The quantitative estimate of drug-likeness (QED) is 0.729. The second-order valence-electron chi connectivity index (χ2n) is 3.66. The number of aromatic amines is 1. The number of H-pyrrole nitrogens is 1. The van der Waals surface area contributed by atoms with Crippen molar-refractivity contribution in [3.05, 3.63) is 42.6 Å². The Labute approximate surface area is 98.3 Å². The van der Waals surface area contributed by atoms with E-state index in [0.29, 0.717) is 5.65 Å². The predicted molar refractivity (Wildman–Crippen MR) is 65.9 cm³/mol. The Bertz CT molecular complexity index is 627. The largest absolute Gasteiger partial charge is 0.496 e. The van der Waals surface area contributed by atoms with Crippen LogP contribution in [0.15, 0.2) is 42.6 Å². The molecule has 1 aromatic carbocycles. The predicted octanol–water partition coefficient (Wildman–Crippen LogP) is 2.63. The van der Waals surface area contributed by atoms with Crippen LogP contribution in [0.3, 0.4) is 0 Å². The van der Waals surface area contributed by atoms with Crippen LogP contribution in [-0.2, 0) is 0 Å². The van der Waals surface area contributed by atoms with Gasteiger partial charge in [0, 0.05) is 6.20 Å². The summed E-state index contributed by atoms with van der Waals surface area (Å²) < 4.78 is 5.32. The van der Waals surface area contributed by atoms with Gasteiger partial charge in [-0.2, -0.15) is 0 Å². The normalized spacial score (nSPS) is 10.6. The first-order chi connectivity index (χ1) is 8.38. The number of methoxy groups -OCH3 is 1. The minimum atomic E-state index is 0.716. The molecule has 4 nitrogen and oxygen atoms in total. The average Bonchev–Trinajstić information content (AvgIpc) is 2.82. The average molecular weight is 225 g/mol. The molecule has 0 amide bonds. The van der Waals surface area contributed by atoms with Gasteiger partial charge in [0.15, 0.2) is 5.65 Å². The molecule has 0 saturated heterocycles. The van der Waals surface area contributed by atoms with Gasteiger partial charge in [0.25, 0.3) is 0 Å². The van der Waals surface area contributed by atoms with Gasteiger partial charge in [-0.1, -0.05) is 12.1 Å². The maximum absolute atomic E-state index is 5.32. The van der Waals surface area contributed by atoms with E-state index < -0.39 is 0 Å². The second-order valence-corrected chi connectivity index (χ2v) is 3.66. The lowest BCUT2D eigenvalue weighted by Gasteiger charge is -2.04. The third kappa shape index (κ3) is 1.63. The number of benzene rings is 1. The second kappa shape index (κ2) is 3.90. The lowest BCUT2D eigenvalue weighted by Crippen LogP contribution is -1.88. The summed E-state index contributed by atoms with van der Waals surface area (Å²) in [6.45, 7) is 0. The van der Waals surface area contributed by atoms with Gasteiger partial charge in [-0.25, -0.2) is 9.97 Å². The van der Waals surface area contributed by atoms with Crippen LogP contribution in [0.5, 0.6) is 5.75 Å². The molecule has 0 aliphatic carbocycles. The Morgan fingerprint density at radius 1 is 1.12 bits per heavy atom. The van der Waals surface area contributed by atoms with E-state index in [2.05, 4.69) is 15.0 Å². The summed E-state index contributed by atoms with van der Waals surface area (Å²) in [5.74, 6) is 1.57. The van der Waals surface area contributed by atoms with Crippen LogP contribution in [0.25, 0.3) is 22.6 Å². The summed E-state index contributed by atoms with van der Waals surface area (Å²) in [6, 6.07) is 11.6. The molecule has 2 heterocycles. The van der Waals surface area contributed by atoms with E-state index in [9.17, 15) is 0 Å². The zero-order valence-electron chi connectivity index (χ0n) is 9.34. The molecule has 2 aromatic heterocycles. The Morgan fingerprint density at radius 3 is 2.82 bits per heavy atom. The van der Waals surface area contributed by atoms with E-state index in [1.54, 1.807) is 13.3 Å². The highest BCUT2D eigenvalue weighted by atomic mass is 16.5. The van der Waals surface area contributed by atoms with Crippen molar-refractivity contribution >= 4 is 11.2 Å². The van der Waals surface area contributed by atoms with Crippen LogP contribution in [0.1, 0.15) is 0 Å². The number of hydrogen-bond donors (Lipinski definition) is 1. The van der Waals surface area contributed by atoms with Gasteiger partial charge in [0.1, 0.15) is 11.6 Å². The number of rotatable bonds is 2. The summed E-state index contributed by atoms with van der Waals surface area (Å²) in [5, 5.41) is 0. The number of fused-ring (bicyclic) bond motifs is 1. The molecule has 3 aromatic rings. The molecular formula is C13H11N3O. The van der Waals surface area contributed by atoms with Crippen molar-refractivity contribution in [2.75, 3.05) is 7.11 Å². The smallest absolute Gasteiger partial charge is 0.178 e. The lowest BCUT2D eigenvalue weighted by atomic mass is 10.2. The third-order valence-corrected chi connectivity index (χ3v) is 2.62. The molecule has 1 N–H and O–H groups in total. The fourth-order valence-corrected chi connectivity index (χ4v) is 1.81. The maximum Gasteiger partial charge on any atom is 0.178 e. The van der Waals surface area contributed by atoms with Crippen LogP contribution < -0.4 is 4.74 Å². The lowest BCUT2D eigenvalue weighted by molar-refractivity contribution is 0.416. The molecule has 0 spiro atoms. The minimum Gasteiger partial charge on any atom is -0.496 e. The molecule has 0 aliphatic heterocycles. The topological polar surface area (TPSA) is 50.8 Å². The number of pyridine rings is 1. The van der Waals surface area contributed by atoms with Gasteiger partial charge >= 0.3 is 0 Å². The highest BCUT2D eigenvalue weighted by molar-refractivity contribution is 5.77. The van der Waals surface area contributed by atoms with Gasteiger partial charge < -0.3 is 9.72 Å². The summed E-state index contributed by atoms with van der Waals surface area (Å²) in [4.78, 5) is 11.9. The molecule has 0 aliphatic rings.